The second-order valence-electron chi connectivity index (χ2n) is 6.71. The molecule has 0 aliphatic heterocycles. The van der Waals surface area contributed by atoms with Gasteiger partial charge in [-0.15, -0.1) is 0 Å². The maximum Gasteiger partial charge on any atom is 0.270 e. The number of methoxy groups -OCH3 is 1. The number of anilines is 2. The first-order chi connectivity index (χ1) is 14.1. The van der Waals surface area contributed by atoms with Crippen molar-refractivity contribution in [2.75, 3.05) is 12.4 Å². The van der Waals surface area contributed by atoms with Gasteiger partial charge in [-0.25, -0.2) is 4.98 Å². The summed E-state index contributed by atoms with van der Waals surface area (Å²) < 4.78 is 11.1. The minimum Gasteiger partial charge on any atom is -0.496 e. The number of rotatable bonds is 8. The zero-order valence-corrected chi connectivity index (χ0v) is 16.8. The number of aromatic nitrogens is 1. The highest BCUT2D eigenvalue weighted by Crippen LogP contribution is 2.28. The van der Waals surface area contributed by atoms with Crippen LogP contribution in [0.5, 0.6) is 11.5 Å². The predicted octanol–water partition coefficient (Wildman–Crippen LogP) is 4.55. The predicted molar refractivity (Wildman–Crippen MR) is 114 cm³/mol. The van der Waals surface area contributed by atoms with Gasteiger partial charge in [0, 0.05) is 12.1 Å². The van der Waals surface area contributed by atoms with Gasteiger partial charge in [0.2, 0.25) is 0 Å². The highest BCUT2D eigenvalue weighted by Gasteiger charge is 2.10. The largest absolute Gasteiger partial charge is 0.496 e. The number of para-hydroxylation sites is 3. The van der Waals surface area contributed by atoms with Crippen molar-refractivity contribution >= 4 is 17.3 Å². The smallest absolute Gasteiger partial charge is 0.270 e. The molecule has 1 heterocycles. The molecule has 2 aromatic carbocycles. The fourth-order valence-corrected chi connectivity index (χ4v) is 2.80. The Balaban J connectivity index is 1.64. The molecule has 3 aromatic rings. The Morgan fingerprint density at radius 1 is 1.00 bits per heavy atom. The molecule has 0 aliphatic rings. The van der Waals surface area contributed by atoms with Crippen LogP contribution >= 0.6 is 0 Å². The third-order valence-corrected chi connectivity index (χ3v) is 4.16. The Kier molecular flexibility index (Phi) is 6.68. The zero-order chi connectivity index (χ0) is 20.6. The first kappa shape index (κ1) is 20.2. The van der Waals surface area contributed by atoms with Crippen molar-refractivity contribution < 1.29 is 14.3 Å². The minimum absolute atomic E-state index is 0.0744. The van der Waals surface area contributed by atoms with E-state index in [1.807, 2.05) is 68.4 Å². The number of ether oxygens (including phenoxy) is 2. The average Bonchev–Trinajstić information content (AvgIpc) is 2.74. The van der Waals surface area contributed by atoms with Gasteiger partial charge in [0.25, 0.3) is 5.91 Å². The fraction of sp³-hybridized carbons (Fsp3) is 0.217. The topological polar surface area (TPSA) is 72.5 Å². The van der Waals surface area contributed by atoms with Crippen LogP contribution in [0.25, 0.3) is 0 Å². The van der Waals surface area contributed by atoms with E-state index in [1.165, 1.54) is 0 Å². The molecule has 0 saturated heterocycles. The van der Waals surface area contributed by atoms with Gasteiger partial charge in [0.05, 0.1) is 30.8 Å². The Labute approximate surface area is 170 Å². The molecule has 0 radical (unpaired) electrons. The summed E-state index contributed by atoms with van der Waals surface area (Å²) >= 11 is 0. The molecule has 150 valence electrons. The Morgan fingerprint density at radius 3 is 2.41 bits per heavy atom. The van der Waals surface area contributed by atoms with Gasteiger partial charge >= 0.3 is 0 Å². The van der Waals surface area contributed by atoms with Crippen molar-refractivity contribution in [3.05, 3.63) is 78.1 Å². The van der Waals surface area contributed by atoms with Crippen LogP contribution in [-0.4, -0.2) is 24.1 Å². The lowest BCUT2D eigenvalue weighted by molar-refractivity contribution is 0.0945. The molecule has 3 rings (SSSR count). The highest BCUT2D eigenvalue weighted by molar-refractivity contribution is 5.92. The van der Waals surface area contributed by atoms with Crippen molar-refractivity contribution in [3.8, 4) is 11.5 Å². The normalized spacial score (nSPS) is 10.5. The third-order valence-electron chi connectivity index (χ3n) is 4.16. The van der Waals surface area contributed by atoms with E-state index < -0.39 is 0 Å². The molecule has 1 amide bonds. The number of nitrogens with zero attached hydrogens (tertiary/aromatic N) is 1. The van der Waals surface area contributed by atoms with Crippen LogP contribution in [0.4, 0.5) is 11.4 Å². The van der Waals surface area contributed by atoms with Crippen LogP contribution in [0, 0.1) is 0 Å². The van der Waals surface area contributed by atoms with E-state index in [1.54, 1.807) is 19.4 Å². The van der Waals surface area contributed by atoms with Crippen molar-refractivity contribution in [2.45, 2.75) is 26.5 Å². The summed E-state index contributed by atoms with van der Waals surface area (Å²) in [5.41, 5.74) is 2.86. The average molecular weight is 391 g/mol. The molecule has 6 nitrogen and oxygen atoms in total. The highest BCUT2D eigenvalue weighted by atomic mass is 16.5. The van der Waals surface area contributed by atoms with E-state index in [2.05, 4.69) is 15.6 Å². The van der Waals surface area contributed by atoms with Crippen LogP contribution < -0.4 is 20.1 Å². The van der Waals surface area contributed by atoms with E-state index in [4.69, 9.17) is 9.47 Å². The van der Waals surface area contributed by atoms with Gasteiger partial charge in [-0.05, 0) is 44.2 Å². The first-order valence-electron chi connectivity index (χ1n) is 9.45. The molecule has 0 fully saturated rings. The summed E-state index contributed by atoms with van der Waals surface area (Å²) in [5, 5.41) is 6.15. The monoisotopic (exact) mass is 391 g/mol. The molecule has 6 heteroatoms. The van der Waals surface area contributed by atoms with E-state index in [0.717, 1.165) is 28.4 Å². The van der Waals surface area contributed by atoms with E-state index in [0.29, 0.717) is 12.2 Å². The molecular weight excluding hydrogens is 366 g/mol. The lowest BCUT2D eigenvalue weighted by Crippen LogP contribution is -2.24. The van der Waals surface area contributed by atoms with Gasteiger partial charge in [0.1, 0.15) is 17.2 Å². The molecule has 29 heavy (non-hydrogen) atoms. The maximum atomic E-state index is 12.4. The molecule has 0 bridgehead atoms. The van der Waals surface area contributed by atoms with Gasteiger partial charge in [-0.2, -0.15) is 0 Å². The molecule has 0 spiro atoms. The number of hydrogen-bond donors (Lipinski definition) is 2. The van der Waals surface area contributed by atoms with Gasteiger partial charge in [-0.1, -0.05) is 30.3 Å². The van der Waals surface area contributed by atoms with Gasteiger partial charge in [-0.3, -0.25) is 4.79 Å². The van der Waals surface area contributed by atoms with Crippen molar-refractivity contribution in [3.63, 3.8) is 0 Å². The second-order valence-corrected chi connectivity index (χ2v) is 6.71. The Hall–Kier alpha value is -3.54. The molecule has 0 atom stereocenters. The molecule has 0 unspecified atom stereocenters. The third kappa shape index (κ3) is 5.48. The summed E-state index contributed by atoms with van der Waals surface area (Å²) in [6.45, 7) is 4.33. The van der Waals surface area contributed by atoms with Crippen molar-refractivity contribution in [1.29, 1.82) is 0 Å². The molecular formula is C23H25N3O3. The van der Waals surface area contributed by atoms with Crippen LogP contribution in [0.1, 0.15) is 29.9 Å². The first-order valence-corrected chi connectivity index (χ1v) is 9.45. The van der Waals surface area contributed by atoms with E-state index in [9.17, 15) is 4.79 Å². The maximum absolute atomic E-state index is 12.4. The van der Waals surface area contributed by atoms with Crippen LogP contribution in [0.15, 0.2) is 66.9 Å². The summed E-state index contributed by atoms with van der Waals surface area (Å²) in [5.74, 6) is 1.26. The van der Waals surface area contributed by atoms with Crippen molar-refractivity contribution in [2.24, 2.45) is 0 Å². The minimum atomic E-state index is -0.244. The number of hydrogen-bond acceptors (Lipinski definition) is 5. The van der Waals surface area contributed by atoms with Crippen LogP contribution in [0.2, 0.25) is 0 Å². The van der Waals surface area contributed by atoms with E-state index >= 15 is 0 Å². The lowest BCUT2D eigenvalue weighted by Gasteiger charge is -2.15. The molecule has 2 N–H and O–H groups in total. The molecule has 0 aliphatic carbocycles. The van der Waals surface area contributed by atoms with Gasteiger partial charge < -0.3 is 20.1 Å². The standard InChI is InChI=1S/C23H25N3O3/c1-16(2)29-22-11-7-5-9-19(22)26-18-12-13-20(24-15-18)23(27)25-14-17-8-4-6-10-21(17)28-3/h4-13,15-16,26H,14H2,1-3H3,(H,25,27). The van der Waals surface area contributed by atoms with Crippen LogP contribution in [-0.2, 0) is 6.54 Å². The van der Waals surface area contributed by atoms with Crippen LogP contribution in [0.3, 0.4) is 0 Å². The number of carbonyl (C=O) groups is 1. The molecule has 0 saturated carbocycles. The van der Waals surface area contributed by atoms with Gasteiger partial charge in [0.15, 0.2) is 0 Å². The number of carbonyl (C=O) groups excluding carboxylic acids is 1. The number of pyridine rings is 1. The summed E-state index contributed by atoms with van der Waals surface area (Å²) in [6.07, 6.45) is 1.70. The number of benzene rings is 2. The van der Waals surface area contributed by atoms with E-state index in [-0.39, 0.29) is 12.0 Å². The Bertz CT molecular complexity index is 956. The SMILES string of the molecule is COc1ccccc1CNC(=O)c1ccc(Nc2ccccc2OC(C)C)cn1. The zero-order valence-electron chi connectivity index (χ0n) is 16.8. The number of nitrogens with one attached hydrogen (secondary N) is 2. The fourth-order valence-electron chi connectivity index (χ4n) is 2.80. The quantitative estimate of drug-likeness (QED) is 0.589. The summed E-state index contributed by atoms with van der Waals surface area (Å²) in [7, 11) is 1.61. The Morgan fingerprint density at radius 2 is 1.72 bits per heavy atom. The summed E-state index contributed by atoms with van der Waals surface area (Å²) in [4.78, 5) is 16.7. The second kappa shape index (κ2) is 9.59. The molecule has 1 aromatic heterocycles. The number of amides is 1. The van der Waals surface area contributed by atoms with Crippen molar-refractivity contribution in [1.82, 2.24) is 10.3 Å². The summed E-state index contributed by atoms with van der Waals surface area (Å²) in [6, 6.07) is 18.8. The lowest BCUT2D eigenvalue weighted by atomic mass is 10.2.